The van der Waals surface area contributed by atoms with Crippen LogP contribution in [-0.4, -0.2) is 93.4 Å². The third kappa shape index (κ3) is 5.07. The zero-order chi connectivity index (χ0) is 20.1. The van der Waals surface area contributed by atoms with Crippen molar-refractivity contribution in [2.45, 2.75) is 11.8 Å². The summed E-state index contributed by atoms with van der Waals surface area (Å²) in [6.45, 7) is 5.82. The summed E-state index contributed by atoms with van der Waals surface area (Å²) in [5.74, 6) is -0.115. The summed E-state index contributed by atoms with van der Waals surface area (Å²) < 4.78 is 31.8. The highest BCUT2D eigenvalue weighted by Gasteiger charge is 2.26. The van der Waals surface area contributed by atoms with E-state index in [1.165, 1.54) is 16.4 Å². The number of rotatable bonds is 5. The van der Waals surface area contributed by atoms with Gasteiger partial charge in [-0.2, -0.15) is 4.31 Å². The average molecular weight is 410 g/mol. The molecular weight excluding hydrogens is 384 g/mol. The number of carbonyl (C=O) groups excluding carboxylic acids is 2. The number of sulfonamides is 1. The van der Waals surface area contributed by atoms with Crippen molar-refractivity contribution in [2.75, 3.05) is 64.3 Å². The molecular formula is C18H26N4O5S. The van der Waals surface area contributed by atoms with E-state index in [2.05, 4.69) is 5.32 Å². The highest BCUT2D eigenvalue weighted by Crippen LogP contribution is 2.19. The lowest BCUT2D eigenvalue weighted by Gasteiger charge is -2.33. The van der Waals surface area contributed by atoms with E-state index in [0.717, 1.165) is 0 Å². The van der Waals surface area contributed by atoms with Gasteiger partial charge in [0.15, 0.2) is 0 Å². The van der Waals surface area contributed by atoms with E-state index in [4.69, 9.17) is 4.74 Å². The van der Waals surface area contributed by atoms with Gasteiger partial charge in [0.1, 0.15) is 0 Å². The van der Waals surface area contributed by atoms with E-state index in [0.29, 0.717) is 58.2 Å². The van der Waals surface area contributed by atoms with Gasteiger partial charge in [-0.3, -0.25) is 14.5 Å². The Morgan fingerprint density at radius 2 is 1.61 bits per heavy atom. The van der Waals surface area contributed by atoms with Crippen molar-refractivity contribution >= 4 is 27.5 Å². The number of nitrogens with one attached hydrogen (secondary N) is 1. The second-order valence-corrected chi connectivity index (χ2v) is 8.81. The van der Waals surface area contributed by atoms with E-state index in [1.54, 1.807) is 24.0 Å². The average Bonchev–Trinajstić information content (AvgIpc) is 2.69. The van der Waals surface area contributed by atoms with E-state index in [9.17, 15) is 18.0 Å². The summed E-state index contributed by atoms with van der Waals surface area (Å²) in [6, 6.07) is 6.20. The molecule has 2 aliphatic rings. The molecule has 0 aliphatic carbocycles. The first-order chi connectivity index (χ1) is 13.4. The van der Waals surface area contributed by atoms with Crippen LogP contribution in [0.1, 0.15) is 6.92 Å². The van der Waals surface area contributed by atoms with Gasteiger partial charge in [0.05, 0.1) is 24.7 Å². The molecule has 2 saturated heterocycles. The van der Waals surface area contributed by atoms with E-state index in [-0.39, 0.29) is 23.3 Å². The second-order valence-electron chi connectivity index (χ2n) is 6.87. The molecule has 2 heterocycles. The molecule has 0 radical (unpaired) electrons. The van der Waals surface area contributed by atoms with Crippen molar-refractivity contribution in [1.82, 2.24) is 14.1 Å². The van der Waals surface area contributed by atoms with Gasteiger partial charge in [0.25, 0.3) is 0 Å². The van der Waals surface area contributed by atoms with Gasteiger partial charge >= 0.3 is 0 Å². The molecule has 2 aliphatic heterocycles. The third-order valence-corrected chi connectivity index (χ3v) is 6.84. The van der Waals surface area contributed by atoms with Crippen LogP contribution in [0.3, 0.4) is 0 Å². The number of carbonyl (C=O) groups is 2. The summed E-state index contributed by atoms with van der Waals surface area (Å²) >= 11 is 0. The first kappa shape index (κ1) is 20.7. The van der Waals surface area contributed by atoms with Crippen LogP contribution in [0.4, 0.5) is 5.69 Å². The Morgan fingerprint density at radius 1 is 1.00 bits per heavy atom. The molecule has 1 aromatic carbocycles. The Balaban J connectivity index is 1.52. The van der Waals surface area contributed by atoms with Gasteiger partial charge < -0.3 is 15.0 Å². The summed E-state index contributed by atoms with van der Waals surface area (Å²) in [4.78, 5) is 27.6. The maximum absolute atomic E-state index is 12.6. The van der Waals surface area contributed by atoms with Crippen LogP contribution in [0.25, 0.3) is 0 Å². The molecule has 1 aromatic rings. The number of amides is 2. The molecule has 0 spiro atoms. The standard InChI is InChI=1S/C18H26N4O5S/c1-15(23)21-8-6-20(7-9-21)14-18(24)19-16-2-4-17(5-3-16)28(25,26)22-10-12-27-13-11-22/h2-5H,6-14H2,1H3,(H,19,24). The number of morpholine rings is 1. The van der Waals surface area contributed by atoms with Crippen LogP contribution in [0.5, 0.6) is 0 Å². The van der Waals surface area contributed by atoms with Crippen LogP contribution >= 0.6 is 0 Å². The first-order valence-electron chi connectivity index (χ1n) is 9.32. The number of hydrogen-bond donors (Lipinski definition) is 1. The molecule has 2 amide bonds. The first-order valence-corrected chi connectivity index (χ1v) is 10.8. The van der Waals surface area contributed by atoms with E-state index in [1.807, 2.05) is 4.90 Å². The van der Waals surface area contributed by atoms with Crippen LogP contribution in [0.15, 0.2) is 29.2 Å². The normalized spacial score (nSPS) is 19.4. The number of hydrogen-bond acceptors (Lipinski definition) is 6. The summed E-state index contributed by atoms with van der Waals surface area (Å²) in [5, 5.41) is 2.79. The van der Waals surface area contributed by atoms with Gasteiger partial charge in [-0.15, -0.1) is 0 Å². The number of nitrogens with zero attached hydrogens (tertiary/aromatic N) is 3. The predicted octanol–water partition coefficient (Wildman–Crippen LogP) is -0.190. The minimum absolute atomic E-state index is 0.0521. The number of piperazine rings is 1. The number of ether oxygens (including phenoxy) is 1. The molecule has 0 aromatic heterocycles. The third-order valence-electron chi connectivity index (χ3n) is 4.93. The smallest absolute Gasteiger partial charge is 0.243 e. The molecule has 10 heteroatoms. The van der Waals surface area contributed by atoms with Crippen molar-refractivity contribution in [1.29, 1.82) is 0 Å². The summed E-state index contributed by atoms with van der Waals surface area (Å²) in [7, 11) is -3.54. The molecule has 0 saturated carbocycles. The maximum Gasteiger partial charge on any atom is 0.243 e. The quantitative estimate of drug-likeness (QED) is 0.722. The lowest BCUT2D eigenvalue weighted by molar-refractivity contribution is -0.130. The Bertz CT molecular complexity index is 798. The lowest BCUT2D eigenvalue weighted by Crippen LogP contribution is -2.49. The van der Waals surface area contributed by atoms with Crippen molar-refractivity contribution < 1.29 is 22.7 Å². The highest BCUT2D eigenvalue weighted by atomic mass is 32.2. The van der Waals surface area contributed by atoms with Crippen LogP contribution < -0.4 is 5.32 Å². The van der Waals surface area contributed by atoms with Gasteiger partial charge in [-0.25, -0.2) is 8.42 Å². The van der Waals surface area contributed by atoms with Crippen LogP contribution in [-0.2, 0) is 24.3 Å². The molecule has 9 nitrogen and oxygen atoms in total. The molecule has 2 fully saturated rings. The number of anilines is 1. The number of benzene rings is 1. The Kier molecular flexibility index (Phi) is 6.65. The molecule has 0 atom stereocenters. The summed E-state index contributed by atoms with van der Waals surface area (Å²) in [6.07, 6.45) is 0. The van der Waals surface area contributed by atoms with Gasteiger partial charge in [0, 0.05) is 51.9 Å². The van der Waals surface area contributed by atoms with Gasteiger partial charge in [0.2, 0.25) is 21.8 Å². The minimum Gasteiger partial charge on any atom is -0.379 e. The lowest BCUT2D eigenvalue weighted by atomic mass is 10.3. The fourth-order valence-corrected chi connectivity index (χ4v) is 4.68. The van der Waals surface area contributed by atoms with Crippen molar-refractivity contribution in [3.05, 3.63) is 24.3 Å². The van der Waals surface area contributed by atoms with Crippen LogP contribution in [0, 0.1) is 0 Å². The maximum atomic E-state index is 12.6. The fourth-order valence-electron chi connectivity index (χ4n) is 3.27. The topological polar surface area (TPSA) is 99.3 Å². The zero-order valence-electron chi connectivity index (χ0n) is 16.0. The zero-order valence-corrected chi connectivity index (χ0v) is 16.8. The van der Waals surface area contributed by atoms with E-state index >= 15 is 0 Å². The van der Waals surface area contributed by atoms with E-state index < -0.39 is 10.0 Å². The minimum atomic E-state index is -3.54. The highest BCUT2D eigenvalue weighted by molar-refractivity contribution is 7.89. The molecule has 3 rings (SSSR count). The SMILES string of the molecule is CC(=O)N1CCN(CC(=O)Nc2ccc(S(=O)(=O)N3CCOCC3)cc2)CC1. The van der Waals surface area contributed by atoms with Crippen molar-refractivity contribution in [3.63, 3.8) is 0 Å². The monoisotopic (exact) mass is 410 g/mol. The summed E-state index contributed by atoms with van der Waals surface area (Å²) in [5.41, 5.74) is 0.549. The van der Waals surface area contributed by atoms with Gasteiger partial charge in [-0.05, 0) is 24.3 Å². The van der Waals surface area contributed by atoms with Gasteiger partial charge in [-0.1, -0.05) is 0 Å². The van der Waals surface area contributed by atoms with Crippen LogP contribution in [0.2, 0.25) is 0 Å². The molecule has 28 heavy (non-hydrogen) atoms. The molecule has 1 N–H and O–H groups in total. The predicted molar refractivity (Wildman–Crippen MR) is 103 cm³/mol. The molecule has 154 valence electrons. The molecule has 0 unspecified atom stereocenters. The van der Waals surface area contributed by atoms with Crippen molar-refractivity contribution in [3.8, 4) is 0 Å². The molecule has 0 bridgehead atoms. The van der Waals surface area contributed by atoms with Crippen molar-refractivity contribution in [2.24, 2.45) is 0 Å². The fraction of sp³-hybridized carbons (Fsp3) is 0.556. The Hall–Kier alpha value is -2.01. The second kappa shape index (κ2) is 8.99. The Morgan fingerprint density at radius 3 is 2.18 bits per heavy atom. The Labute approximate surface area is 165 Å². The largest absolute Gasteiger partial charge is 0.379 e.